The maximum atomic E-state index is 13.4. The van der Waals surface area contributed by atoms with Crippen molar-refractivity contribution < 1.29 is 14.7 Å². The van der Waals surface area contributed by atoms with Crippen LogP contribution in [0, 0.1) is 6.92 Å². The summed E-state index contributed by atoms with van der Waals surface area (Å²) in [6.45, 7) is 4.15. The molecule has 0 bridgehead atoms. The second-order valence-corrected chi connectivity index (χ2v) is 11.2. The molecule has 1 atom stereocenters. The lowest BCUT2D eigenvalue weighted by Gasteiger charge is -2.23. The van der Waals surface area contributed by atoms with E-state index in [2.05, 4.69) is 38.8 Å². The zero-order valence-corrected chi connectivity index (χ0v) is 23.8. The minimum absolute atomic E-state index is 0.366. The lowest BCUT2D eigenvalue weighted by molar-refractivity contribution is -0.139. The highest BCUT2D eigenvalue weighted by molar-refractivity contribution is 7.98. The van der Waals surface area contributed by atoms with Crippen LogP contribution in [0.1, 0.15) is 39.2 Å². The van der Waals surface area contributed by atoms with E-state index in [4.69, 9.17) is 0 Å². The van der Waals surface area contributed by atoms with Gasteiger partial charge in [-0.1, -0.05) is 60.7 Å². The van der Waals surface area contributed by atoms with Crippen LogP contribution in [-0.2, 0) is 24.4 Å². The van der Waals surface area contributed by atoms with Crippen LogP contribution in [0.15, 0.2) is 83.7 Å². The Bertz CT molecular complexity index is 1380. The molecule has 0 radical (unpaired) electrons. The monoisotopic (exact) mass is 559 g/mol. The molecule has 1 amide bonds. The molecule has 0 aliphatic rings. The summed E-state index contributed by atoms with van der Waals surface area (Å²) in [5.74, 6) is -0.751. The zero-order chi connectivity index (χ0) is 27.6. The number of nitrogens with zero attached hydrogens (tertiary/aromatic N) is 2. The molecule has 1 unspecified atom stereocenters. The summed E-state index contributed by atoms with van der Waals surface area (Å²) < 4.78 is 0. The average Bonchev–Trinajstić information content (AvgIpc) is 3.44. The number of carbonyl (C=O) groups is 2. The fourth-order valence-electron chi connectivity index (χ4n) is 4.53. The largest absolute Gasteiger partial charge is 0.480 e. The quantitative estimate of drug-likeness (QED) is 0.201. The van der Waals surface area contributed by atoms with E-state index in [-0.39, 0.29) is 5.91 Å². The highest BCUT2D eigenvalue weighted by Crippen LogP contribution is 2.29. The maximum absolute atomic E-state index is 13.4. The second-order valence-electron chi connectivity index (χ2n) is 9.45. The first kappa shape index (κ1) is 28.5. The van der Waals surface area contributed by atoms with Gasteiger partial charge in [0.15, 0.2) is 0 Å². The number of carboxylic acid groups (broad SMARTS) is 1. The average molecular weight is 560 g/mol. The number of rotatable bonds is 13. The number of nitrogens with one attached hydrogen (secondary N) is 1. The molecule has 3 aromatic carbocycles. The van der Waals surface area contributed by atoms with Gasteiger partial charge in [-0.25, -0.2) is 9.78 Å². The van der Waals surface area contributed by atoms with E-state index in [9.17, 15) is 14.7 Å². The Morgan fingerprint density at radius 1 is 0.974 bits per heavy atom. The smallest absolute Gasteiger partial charge is 0.326 e. The molecule has 4 rings (SSSR count). The number of amides is 1. The fourth-order valence-corrected chi connectivity index (χ4v) is 5.55. The third-order valence-corrected chi connectivity index (χ3v) is 7.78. The second kappa shape index (κ2) is 14.1. The van der Waals surface area contributed by atoms with Crippen LogP contribution in [-0.4, -0.2) is 44.9 Å². The minimum atomic E-state index is -1.02. The number of carbonyl (C=O) groups excluding carboxylic acids is 1. The van der Waals surface area contributed by atoms with Gasteiger partial charge in [0, 0.05) is 30.6 Å². The molecular weight excluding hydrogens is 526 g/mol. The van der Waals surface area contributed by atoms with E-state index in [0.717, 1.165) is 34.5 Å². The van der Waals surface area contributed by atoms with E-state index >= 15 is 0 Å². The molecule has 1 heterocycles. The summed E-state index contributed by atoms with van der Waals surface area (Å²) in [5.41, 5.74) is 8.42. The van der Waals surface area contributed by atoms with E-state index in [0.29, 0.717) is 30.8 Å². The summed E-state index contributed by atoms with van der Waals surface area (Å²) in [7, 11) is 0. The van der Waals surface area contributed by atoms with Gasteiger partial charge in [0.25, 0.3) is 5.91 Å². The molecule has 39 heavy (non-hydrogen) atoms. The summed E-state index contributed by atoms with van der Waals surface area (Å²) in [5, 5.41) is 14.5. The van der Waals surface area contributed by atoms with Crippen LogP contribution in [0.3, 0.4) is 0 Å². The Kier molecular flexibility index (Phi) is 10.3. The standard InChI is InChI=1S/C31H33N3O3S2/c1-22-8-6-7-11-26(22)28-16-24(12-13-27(28)30(35)33-29(31(36)37)14-15-38-2)18-34(19-25-20-39-21-32-25)17-23-9-4-3-5-10-23/h3-13,16,20-21,29H,14-15,17-19H2,1-2H3,(H,33,35)(H,36,37). The molecule has 6 nitrogen and oxygen atoms in total. The molecule has 0 saturated carbocycles. The van der Waals surface area contributed by atoms with Gasteiger partial charge in [0.05, 0.1) is 11.2 Å². The Labute approximate surface area is 238 Å². The zero-order valence-electron chi connectivity index (χ0n) is 22.2. The van der Waals surface area contributed by atoms with Gasteiger partial charge in [-0.15, -0.1) is 11.3 Å². The number of aromatic nitrogens is 1. The molecule has 2 N–H and O–H groups in total. The SMILES string of the molecule is CSCCC(NC(=O)c1ccc(CN(Cc2ccccc2)Cc2cscn2)cc1-c1ccccc1C)C(=O)O. The molecule has 0 saturated heterocycles. The molecule has 0 aliphatic carbocycles. The predicted octanol–water partition coefficient (Wildman–Crippen LogP) is 6.26. The van der Waals surface area contributed by atoms with Crippen LogP contribution >= 0.6 is 23.1 Å². The summed E-state index contributed by atoms with van der Waals surface area (Å²) in [4.78, 5) is 32.0. The fraction of sp³-hybridized carbons (Fsp3) is 0.258. The third kappa shape index (κ3) is 8.02. The van der Waals surface area contributed by atoms with Gasteiger partial charge in [0.2, 0.25) is 0 Å². The Morgan fingerprint density at radius 3 is 2.41 bits per heavy atom. The van der Waals surface area contributed by atoms with Gasteiger partial charge in [-0.2, -0.15) is 11.8 Å². The Hall–Kier alpha value is -3.46. The number of thiazole rings is 1. The van der Waals surface area contributed by atoms with Crippen molar-refractivity contribution in [3.05, 3.63) is 112 Å². The predicted molar refractivity (Wildman–Crippen MR) is 160 cm³/mol. The van der Waals surface area contributed by atoms with Crippen LogP contribution in [0.25, 0.3) is 11.1 Å². The minimum Gasteiger partial charge on any atom is -0.480 e. The molecule has 1 aromatic heterocycles. The number of carboxylic acids is 1. The van der Waals surface area contributed by atoms with Crippen molar-refractivity contribution in [3.63, 3.8) is 0 Å². The first-order valence-corrected chi connectivity index (χ1v) is 15.1. The molecule has 0 fully saturated rings. The normalized spacial score (nSPS) is 11.9. The van der Waals surface area contributed by atoms with E-state index < -0.39 is 12.0 Å². The van der Waals surface area contributed by atoms with E-state index in [1.165, 1.54) is 5.56 Å². The van der Waals surface area contributed by atoms with E-state index in [1.807, 2.05) is 73.3 Å². The Morgan fingerprint density at radius 2 is 1.72 bits per heavy atom. The van der Waals surface area contributed by atoms with Crippen LogP contribution in [0.2, 0.25) is 0 Å². The lowest BCUT2D eigenvalue weighted by atomic mass is 9.93. The lowest BCUT2D eigenvalue weighted by Crippen LogP contribution is -2.41. The van der Waals surface area contributed by atoms with Gasteiger partial charge in [-0.3, -0.25) is 9.69 Å². The first-order chi connectivity index (χ1) is 18.9. The number of aryl methyl sites for hydroxylation is 1. The summed E-state index contributed by atoms with van der Waals surface area (Å²) in [6, 6.07) is 23.2. The van der Waals surface area contributed by atoms with Crippen molar-refractivity contribution in [3.8, 4) is 11.1 Å². The molecular formula is C31H33N3O3S2. The topological polar surface area (TPSA) is 82.5 Å². The van der Waals surface area contributed by atoms with Crippen molar-refractivity contribution in [1.29, 1.82) is 0 Å². The van der Waals surface area contributed by atoms with Gasteiger partial charge >= 0.3 is 5.97 Å². The van der Waals surface area contributed by atoms with Crippen molar-refractivity contribution in [1.82, 2.24) is 15.2 Å². The molecule has 8 heteroatoms. The number of aliphatic carboxylic acids is 1. The number of thioether (sulfide) groups is 1. The van der Waals surface area contributed by atoms with Crippen molar-refractivity contribution in [2.24, 2.45) is 0 Å². The summed E-state index contributed by atoms with van der Waals surface area (Å²) >= 11 is 3.15. The number of benzene rings is 3. The van der Waals surface area contributed by atoms with Crippen molar-refractivity contribution in [2.75, 3.05) is 12.0 Å². The van der Waals surface area contributed by atoms with Crippen molar-refractivity contribution >= 4 is 35.0 Å². The highest BCUT2D eigenvalue weighted by Gasteiger charge is 2.23. The van der Waals surface area contributed by atoms with Crippen LogP contribution in [0.5, 0.6) is 0 Å². The summed E-state index contributed by atoms with van der Waals surface area (Å²) in [6.07, 6.45) is 2.29. The molecule has 202 valence electrons. The maximum Gasteiger partial charge on any atom is 0.326 e. The van der Waals surface area contributed by atoms with Gasteiger partial charge in [0.1, 0.15) is 6.04 Å². The number of hydrogen-bond donors (Lipinski definition) is 2. The van der Waals surface area contributed by atoms with Crippen LogP contribution < -0.4 is 5.32 Å². The van der Waals surface area contributed by atoms with Gasteiger partial charge < -0.3 is 10.4 Å². The van der Waals surface area contributed by atoms with E-state index in [1.54, 1.807) is 23.1 Å². The van der Waals surface area contributed by atoms with Crippen LogP contribution in [0.4, 0.5) is 0 Å². The Balaban J connectivity index is 1.66. The van der Waals surface area contributed by atoms with Crippen molar-refractivity contribution in [2.45, 2.75) is 39.0 Å². The molecule has 4 aromatic rings. The number of hydrogen-bond acceptors (Lipinski definition) is 6. The molecule has 0 spiro atoms. The first-order valence-electron chi connectivity index (χ1n) is 12.8. The molecule has 0 aliphatic heterocycles. The van der Waals surface area contributed by atoms with Gasteiger partial charge in [-0.05, 0) is 65.3 Å². The highest BCUT2D eigenvalue weighted by atomic mass is 32.2. The third-order valence-electron chi connectivity index (χ3n) is 6.50.